The zero-order valence-electron chi connectivity index (χ0n) is 23.0. The Bertz CT molecular complexity index is 1220. The first-order valence-corrected chi connectivity index (χ1v) is 13.3. The van der Waals surface area contributed by atoms with Crippen molar-refractivity contribution < 1.29 is 23.9 Å². The SMILES string of the molecule is CCOC(=O)C1=C(CN2CCN(C(=O)Nc3ccccc3)[C@@H](C)C2)N(CC)C(=O)N[C@H]1c1cccc(OC)c1. The van der Waals surface area contributed by atoms with Crippen LogP contribution >= 0.6 is 0 Å². The van der Waals surface area contributed by atoms with Crippen LogP contribution in [0.1, 0.15) is 32.4 Å². The number of hydrogen-bond donors (Lipinski definition) is 2. The van der Waals surface area contributed by atoms with E-state index >= 15 is 0 Å². The Balaban J connectivity index is 1.60. The summed E-state index contributed by atoms with van der Waals surface area (Å²) in [6.07, 6.45) is 0. The number of para-hydroxylation sites is 1. The average Bonchev–Trinajstić information content (AvgIpc) is 2.93. The predicted molar refractivity (Wildman–Crippen MR) is 148 cm³/mol. The van der Waals surface area contributed by atoms with E-state index in [-0.39, 0.29) is 24.7 Å². The van der Waals surface area contributed by atoms with Crippen LogP contribution in [0.3, 0.4) is 0 Å². The van der Waals surface area contributed by atoms with Crippen LogP contribution in [0.5, 0.6) is 5.75 Å². The highest BCUT2D eigenvalue weighted by atomic mass is 16.5. The Hall–Kier alpha value is -4.05. The molecule has 0 aromatic heterocycles. The molecule has 10 nitrogen and oxygen atoms in total. The smallest absolute Gasteiger partial charge is 0.338 e. The molecule has 2 aliphatic heterocycles. The summed E-state index contributed by atoms with van der Waals surface area (Å²) in [6.45, 7) is 8.31. The summed E-state index contributed by atoms with van der Waals surface area (Å²) in [5.41, 5.74) is 2.50. The number of methoxy groups -OCH3 is 1. The summed E-state index contributed by atoms with van der Waals surface area (Å²) in [7, 11) is 1.58. The number of anilines is 1. The fourth-order valence-corrected chi connectivity index (χ4v) is 5.14. The first-order valence-electron chi connectivity index (χ1n) is 13.3. The lowest BCUT2D eigenvalue weighted by molar-refractivity contribution is -0.139. The molecule has 2 aliphatic rings. The highest BCUT2D eigenvalue weighted by Gasteiger charge is 2.39. The molecule has 0 spiro atoms. The van der Waals surface area contributed by atoms with E-state index in [9.17, 15) is 14.4 Å². The molecule has 0 saturated carbocycles. The van der Waals surface area contributed by atoms with E-state index in [2.05, 4.69) is 15.5 Å². The number of ether oxygens (including phenoxy) is 2. The van der Waals surface area contributed by atoms with Crippen LogP contribution in [0.25, 0.3) is 0 Å². The van der Waals surface area contributed by atoms with E-state index in [0.717, 1.165) is 11.3 Å². The molecule has 0 unspecified atom stereocenters. The molecular formula is C29H37N5O5. The Morgan fingerprint density at radius 1 is 1.08 bits per heavy atom. The number of carbonyl (C=O) groups excluding carboxylic acids is 3. The number of nitrogens with zero attached hydrogens (tertiary/aromatic N) is 3. The van der Waals surface area contributed by atoms with E-state index in [0.29, 0.717) is 49.7 Å². The number of piperazine rings is 1. The van der Waals surface area contributed by atoms with E-state index in [4.69, 9.17) is 9.47 Å². The lowest BCUT2D eigenvalue weighted by atomic mass is 9.93. The second kappa shape index (κ2) is 12.7. The van der Waals surface area contributed by atoms with Gasteiger partial charge in [-0.15, -0.1) is 0 Å². The van der Waals surface area contributed by atoms with Crippen LogP contribution in [0.4, 0.5) is 15.3 Å². The summed E-state index contributed by atoms with van der Waals surface area (Å²) in [4.78, 5) is 45.1. The van der Waals surface area contributed by atoms with Crippen molar-refractivity contribution in [2.75, 3.05) is 51.8 Å². The topological polar surface area (TPSA) is 103 Å². The molecule has 2 aromatic carbocycles. The second-order valence-corrected chi connectivity index (χ2v) is 9.56. The molecule has 0 radical (unpaired) electrons. The molecule has 2 aromatic rings. The highest BCUT2D eigenvalue weighted by Crippen LogP contribution is 2.33. The second-order valence-electron chi connectivity index (χ2n) is 9.56. The normalized spacial score (nSPS) is 19.9. The van der Waals surface area contributed by atoms with Crippen LogP contribution in [0.15, 0.2) is 65.9 Å². The molecule has 10 heteroatoms. The lowest BCUT2D eigenvalue weighted by Crippen LogP contribution is -2.57. The van der Waals surface area contributed by atoms with Gasteiger partial charge in [0.05, 0.1) is 25.3 Å². The monoisotopic (exact) mass is 535 g/mol. The first-order chi connectivity index (χ1) is 18.9. The number of benzene rings is 2. The van der Waals surface area contributed by atoms with Crippen LogP contribution in [-0.4, -0.2) is 85.2 Å². The molecule has 2 N–H and O–H groups in total. The van der Waals surface area contributed by atoms with E-state index in [1.807, 2.05) is 73.3 Å². The molecule has 0 aliphatic carbocycles. The molecular weight excluding hydrogens is 498 g/mol. The third-order valence-corrected chi connectivity index (χ3v) is 7.05. The van der Waals surface area contributed by atoms with Crippen molar-refractivity contribution in [3.05, 3.63) is 71.4 Å². The molecule has 2 atom stereocenters. The Morgan fingerprint density at radius 2 is 1.85 bits per heavy atom. The van der Waals surface area contributed by atoms with Gasteiger partial charge in [0.1, 0.15) is 5.75 Å². The van der Waals surface area contributed by atoms with E-state index in [1.165, 1.54) is 0 Å². The van der Waals surface area contributed by atoms with Gasteiger partial charge in [-0.25, -0.2) is 14.4 Å². The molecule has 2 heterocycles. The van der Waals surface area contributed by atoms with Gasteiger partial charge in [0.25, 0.3) is 0 Å². The third-order valence-electron chi connectivity index (χ3n) is 7.05. The van der Waals surface area contributed by atoms with Crippen molar-refractivity contribution in [3.8, 4) is 5.75 Å². The van der Waals surface area contributed by atoms with Crippen LogP contribution in [0, 0.1) is 0 Å². The third kappa shape index (κ3) is 6.34. The molecule has 39 heavy (non-hydrogen) atoms. The number of esters is 1. The number of carbonyl (C=O) groups is 3. The quantitative estimate of drug-likeness (QED) is 0.498. The van der Waals surface area contributed by atoms with E-state index in [1.54, 1.807) is 18.9 Å². The number of urea groups is 2. The van der Waals surface area contributed by atoms with Gasteiger partial charge in [-0.1, -0.05) is 30.3 Å². The molecule has 0 bridgehead atoms. The summed E-state index contributed by atoms with van der Waals surface area (Å²) < 4.78 is 10.9. The van der Waals surface area contributed by atoms with Crippen molar-refractivity contribution in [1.29, 1.82) is 0 Å². The first kappa shape index (κ1) is 28.0. The van der Waals surface area contributed by atoms with Crippen LogP contribution < -0.4 is 15.4 Å². The highest BCUT2D eigenvalue weighted by molar-refractivity contribution is 5.95. The van der Waals surface area contributed by atoms with Crippen molar-refractivity contribution in [1.82, 2.24) is 20.0 Å². The van der Waals surface area contributed by atoms with Crippen molar-refractivity contribution in [3.63, 3.8) is 0 Å². The maximum absolute atomic E-state index is 13.4. The van der Waals surface area contributed by atoms with Gasteiger partial charge in [-0.05, 0) is 50.6 Å². The zero-order valence-corrected chi connectivity index (χ0v) is 23.0. The fraction of sp³-hybridized carbons (Fsp3) is 0.414. The maximum atomic E-state index is 13.4. The number of hydrogen-bond acceptors (Lipinski definition) is 6. The summed E-state index contributed by atoms with van der Waals surface area (Å²) >= 11 is 0. The largest absolute Gasteiger partial charge is 0.497 e. The van der Waals surface area contributed by atoms with Crippen molar-refractivity contribution >= 4 is 23.7 Å². The summed E-state index contributed by atoms with van der Waals surface area (Å²) in [5, 5.41) is 5.94. The molecule has 4 amide bonds. The van der Waals surface area contributed by atoms with Crippen LogP contribution in [-0.2, 0) is 9.53 Å². The van der Waals surface area contributed by atoms with Crippen molar-refractivity contribution in [2.45, 2.75) is 32.9 Å². The van der Waals surface area contributed by atoms with Crippen LogP contribution in [0.2, 0.25) is 0 Å². The standard InChI is InChI=1S/C29H37N5O5/c1-5-33-24(19-32-15-16-34(20(3)18-32)28(36)30-22-12-8-7-9-13-22)25(27(35)39-6-2)26(31-29(33)37)21-11-10-14-23(17-21)38-4/h7-14,17,20,26H,5-6,15-16,18-19H2,1-4H3,(H,30,36)(H,31,37)/t20-,26-/m0/s1. The van der Waals surface area contributed by atoms with Gasteiger partial charge in [0, 0.05) is 50.2 Å². The number of rotatable bonds is 8. The number of nitrogens with one attached hydrogen (secondary N) is 2. The minimum atomic E-state index is -0.681. The average molecular weight is 536 g/mol. The summed E-state index contributed by atoms with van der Waals surface area (Å²) in [5.74, 6) is 0.163. The molecule has 1 saturated heterocycles. The predicted octanol–water partition coefficient (Wildman–Crippen LogP) is 3.84. The van der Waals surface area contributed by atoms with Gasteiger partial charge >= 0.3 is 18.0 Å². The lowest BCUT2D eigenvalue weighted by Gasteiger charge is -2.42. The molecule has 208 valence electrons. The Morgan fingerprint density at radius 3 is 2.51 bits per heavy atom. The minimum absolute atomic E-state index is 0.0734. The van der Waals surface area contributed by atoms with E-state index < -0.39 is 12.0 Å². The molecule has 1 fully saturated rings. The minimum Gasteiger partial charge on any atom is -0.497 e. The Kier molecular flexibility index (Phi) is 9.08. The van der Waals surface area contributed by atoms with Gasteiger partial charge in [0.2, 0.25) is 0 Å². The van der Waals surface area contributed by atoms with Crippen molar-refractivity contribution in [2.24, 2.45) is 0 Å². The summed E-state index contributed by atoms with van der Waals surface area (Å²) in [6, 6.07) is 15.5. The zero-order chi connectivity index (χ0) is 27.9. The fourth-order valence-electron chi connectivity index (χ4n) is 5.14. The van der Waals surface area contributed by atoms with Gasteiger partial charge in [-0.3, -0.25) is 9.80 Å². The number of likely N-dealkylation sites (N-methyl/N-ethyl adjacent to an activating group) is 1. The maximum Gasteiger partial charge on any atom is 0.338 e. The molecule has 4 rings (SSSR count). The Labute approximate surface area is 229 Å². The van der Waals surface area contributed by atoms with Gasteiger partial charge < -0.3 is 25.0 Å². The number of amides is 4. The van der Waals surface area contributed by atoms with Gasteiger partial charge in [-0.2, -0.15) is 0 Å². The van der Waals surface area contributed by atoms with Gasteiger partial charge in [0.15, 0.2) is 0 Å².